The monoisotopic (exact) mass is 934 g/mol. The standard InChI is InChI=1S/C71H54N2/c1-5-7-29-52(6-2)72(53-30-20-27-50(44-53)48-23-10-8-11-24-48)55-40-43-60-58-33-15-18-36-63(58)71(67(60)47-55)64-37-19-16-34-61(64)69-65(71)38-22-39-68(69)73(54-31-21-28-51(45-54)49-25-12-9-13-26-49)56-41-42-59-57-32-14-17-35-62(57)70(3,4)66(59)46-56/h5-47H,2H2,1,3-4H3/b7-5-,52-29+. The third-order valence-electron chi connectivity index (χ3n) is 15.7. The van der Waals surface area contributed by atoms with Gasteiger partial charge in [-0.2, -0.15) is 0 Å². The zero-order chi connectivity index (χ0) is 49.3. The number of anilines is 5. The largest absolute Gasteiger partial charge is 0.310 e. The lowest BCUT2D eigenvalue weighted by Gasteiger charge is -2.33. The summed E-state index contributed by atoms with van der Waals surface area (Å²) in [4.78, 5) is 4.89. The first kappa shape index (κ1) is 44.0. The van der Waals surface area contributed by atoms with Crippen LogP contribution in [0.5, 0.6) is 0 Å². The Morgan fingerprint density at radius 1 is 0.397 bits per heavy atom. The Labute approximate surface area is 429 Å². The topological polar surface area (TPSA) is 6.48 Å². The van der Waals surface area contributed by atoms with Crippen molar-refractivity contribution in [3.05, 3.63) is 307 Å². The van der Waals surface area contributed by atoms with E-state index >= 15 is 0 Å². The first-order valence-corrected chi connectivity index (χ1v) is 25.5. The third kappa shape index (κ3) is 6.78. The Morgan fingerprint density at radius 2 is 0.863 bits per heavy atom. The van der Waals surface area contributed by atoms with Gasteiger partial charge in [0.1, 0.15) is 0 Å². The summed E-state index contributed by atoms with van der Waals surface area (Å²) in [5.41, 5.74) is 25.8. The van der Waals surface area contributed by atoms with Crippen LogP contribution >= 0.6 is 0 Å². The maximum Gasteiger partial charge on any atom is 0.0727 e. The van der Waals surface area contributed by atoms with E-state index in [9.17, 15) is 0 Å². The van der Waals surface area contributed by atoms with Gasteiger partial charge in [-0.3, -0.25) is 0 Å². The molecule has 3 aliphatic rings. The molecule has 73 heavy (non-hydrogen) atoms. The molecule has 0 aliphatic heterocycles. The van der Waals surface area contributed by atoms with Crippen LogP contribution in [0.2, 0.25) is 0 Å². The van der Waals surface area contributed by atoms with E-state index in [1.807, 2.05) is 6.08 Å². The third-order valence-corrected chi connectivity index (χ3v) is 15.7. The second-order valence-electron chi connectivity index (χ2n) is 20.0. The van der Waals surface area contributed by atoms with Crippen LogP contribution in [0, 0.1) is 0 Å². The van der Waals surface area contributed by atoms with Crippen molar-refractivity contribution in [2.24, 2.45) is 0 Å². The van der Waals surface area contributed by atoms with Gasteiger partial charge in [0.2, 0.25) is 0 Å². The average molecular weight is 935 g/mol. The molecule has 0 N–H and O–H groups in total. The number of nitrogens with zero attached hydrogens (tertiary/aromatic N) is 2. The van der Waals surface area contributed by atoms with Crippen LogP contribution < -0.4 is 9.80 Å². The molecule has 1 unspecified atom stereocenters. The maximum absolute atomic E-state index is 4.39. The number of rotatable bonds is 10. The Bertz CT molecular complexity index is 3870. The molecule has 0 saturated carbocycles. The van der Waals surface area contributed by atoms with E-state index in [0.29, 0.717) is 0 Å². The Balaban J connectivity index is 1.06. The predicted molar refractivity (Wildman–Crippen MR) is 308 cm³/mol. The highest BCUT2D eigenvalue weighted by Gasteiger charge is 2.53. The van der Waals surface area contributed by atoms with E-state index < -0.39 is 5.41 Å². The first-order valence-electron chi connectivity index (χ1n) is 25.5. The fourth-order valence-corrected chi connectivity index (χ4v) is 12.5. The van der Waals surface area contributed by atoms with Crippen molar-refractivity contribution >= 4 is 28.4 Å². The highest BCUT2D eigenvalue weighted by Crippen LogP contribution is 2.65. The Hall–Kier alpha value is -8.98. The van der Waals surface area contributed by atoms with Crippen molar-refractivity contribution < 1.29 is 0 Å². The van der Waals surface area contributed by atoms with E-state index in [1.54, 1.807) is 0 Å². The van der Waals surface area contributed by atoms with Crippen molar-refractivity contribution in [2.75, 3.05) is 9.80 Å². The summed E-state index contributed by atoms with van der Waals surface area (Å²) in [6, 6.07) is 87.9. The van der Waals surface area contributed by atoms with Gasteiger partial charge in [-0.25, -0.2) is 0 Å². The minimum absolute atomic E-state index is 0.173. The number of fused-ring (bicyclic) bond motifs is 13. The highest BCUT2D eigenvalue weighted by molar-refractivity contribution is 6.02. The fourth-order valence-electron chi connectivity index (χ4n) is 12.5. The molecule has 0 heterocycles. The lowest BCUT2D eigenvalue weighted by atomic mass is 9.70. The van der Waals surface area contributed by atoms with Gasteiger partial charge in [-0.1, -0.05) is 215 Å². The maximum atomic E-state index is 4.39. The average Bonchev–Trinajstić information content (AvgIpc) is 4.02. The van der Waals surface area contributed by atoms with Crippen LogP contribution in [0.3, 0.4) is 0 Å². The van der Waals surface area contributed by atoms with Gasteiger partial charge < -0.3 is 9.80 Å². The van der Waals surface area contributed by atoms with E-state index in [1.165, 1.54) is 83.5 Å². The highest BCUT2D eigenvalue weighted by atomic mass is 15.2. The van der Waals surface area contributed by atoms with Crippen molar-refractivity contribution in [1.29, 1.82) is 0 Å². The van der Waals surface area contributed by atoms with Crippen molar-refractivity contribution in [1.82, 2.24) is 0 Å². The second kappa shape index (κ2) is 17.4. The molecule has 13 rings (SSSR count). The van der Waals surface area contributed by atoms with Crippen molar-refractivity contribution in [3.8, 4) is 55.6 Å². The minimum atomic E-state index is -0.623. The van der Waals surface area contributed by atoms with Gasteiger partial charge in [0.15, 0.2) is 0 Å². The number of hydrogen-bond donors (Lipinski definition) is 0. The lowest BCUT2D eigenvalue weighted by Crippen LogP contribution is -2.26. The summed E-state index contributed by atoms with van der Waals surface area (Å²) in [6.45, 7) is 11.2. The molecule has 0 radical (unpaired) electrons. The zero-order valence-corrected chi connectivity index (χ0v) is 41.4. The zero-order valence-electron chi connectivity index (χ0n) is 41.4. The summed E-state index contributed by atoms with van der Waals surface area (Å²) in [5, 5.41) is 0. The molecule has 2 heteroatoms. The van der Waals surface area contributed by atoms with E-state index in [-0.39, 0.29) is 5.41 Å². The van der Waals surface area contributed by atoms with Crippen LogP contribution in [0.25, 0.3) is 55.6 Å². The first-order chi connectivity index (χ1) is 35.9. The molecule has 10 aromatic carbocycles. The SMILES string of the molecule is C=C/C(=C\C=C/C)N(c1cccc(-c2ccccc2)c1)c1ccc2c(c1)C1(c3ccccc3-2)c2ccccc2-c2c(N(c3cccc(-c4ccccc4)c3)c3ccc4c(c3)C(C)(C)c3ccccc3-4)cccc21. The molecule has 0 fully saturated rings. The van der Waals surface area contributed by atoms with E-state index in [4.69, 9.17) is 0 Å². The second-order valence-corrected chi connectivity index (χ2v) is 20.0. The van der Waals surface area contributed by atoms with E-state index in [0.717, 1.165) is 39.7 Å². The van der Waals surface area contributed by atoms with Crippen molar-refractivity contribution in [3.63, 3.8) is 0 Å². The summed E-state index contributed by atoms with van der Waals surface area (Å²) in [5.74, 6) is 0. The smallest absolute Gasteiger partial charge is 0.0727 e. The molecule has 3 aliphatic carbocycles. The summed E-state index contributed by atoms with van der Waals surface area (Å²) >= 11 is 0. The van der Waals surface area contributed by atoms with Crippen LogP contribution in [0.1, 0.15) is 54.2 Å². The molecule has 10 aromatic rings. The van der Waals surface area contributed by atoms with Crippen molar-refractivity contribution in [2.45, 2.75) is 31.6 Å². The number of allylic oxidation sites excluding steroid dienone is 4. The van der Waals surface area contributed by atoms with Crippen LogP contribution in [0.4, 0.5) is 28.4 Å². The van der Waals surface area contributed by atoms with Gasteiger partial charge in [0.25, 0.3) is 0 Å². The molecule has 0 aromatic heterocycles. The molecule has 0 amide bonds. The summed E-state index contributed by atoms with van der Waals surface area (Å²) in [7, 11) is 0. The number of benzene rings is 10. The molecule has 348 valence electrons. The Morgan fingerprint density at radius 3 is 1.53 bits per heavy atom. The molecule has 0 saturated heterocycles. The van der Waals surface area contributed by atoms with Crippen LogP contribution in [-0.4, -0.2) is 0 Å². The molecule has 1 spiro atoms. The molecular formula is C71H54N2. The molecular weight excluding hydrogens is 881 g/mol. The van der Waals surface area contributed by atoms with Crippen LogP contribution in [0.15, 0.2) is 273 Å². The fraction of sp³-hybridized carbons (Fsp3) is 0.0704. The van der Waals surface area contributed by atoms with Gasteiger partial charge in [-0.05, 0) is 157 Å². The van der Waals surface area contributed by atoms with Gasteiger partial charge >= 0.3 is 0 Å². The lowest BCUT2D eigenvalue weighted by molar-refractivity contribution is 0.660. The normalized spacial score (nSPS) is 15.3. The van der Waals surface area contributed by atoms with Crippen LogP contribution in [-0.2, 0) is 10.8 Å². The van der Waals surface area contributed by atoms with Gasteiger partial charge in [0, 0.05) is 39.4 Å². The minimum Gasteiger partial charge on any atom is -0.310 e. The quantitative estimate of drug-likeness (QED) is 0.126. The predicted octanol–water partition coefficient (Wildman–Crippen LogP) is 18.9. The van der Waals surface area contributed by atoms with Gasteiger partial charge in [0.05, 0.1) is 11.1 Å². The van der Waals surface area contributed by atoms with E-state index in [2.05, 4.69) is 292 Å². The molecule has 2 nitrogen and oxygen atoms in total. The molecule has 0 bridgehead atoms. The Kier molecular flexibility index (Phi) is 10.5. The summed E-state index contributed by atoms with van der Waals surface area (Å²) in [6.07, 6.45) is 8.30. The summed E-state index contributed by atoms with van der Waals surface area (Å²) < 4.78 is 0. The number of hydrogen-bond acceptors (Lipinski definition) is 2. The van der Waals surface area contributed by atoms with Gasteiger partial charge in [-0.15, -0.1) is 0 Å². The molecule has 1 atom stereocenters.